The Morgan fingerprint density at radius 3 is 2.88 bits per heavy atom. The molecule has 16 heavy (non-hydrogen) atoms. The predicted octanol–water partition coefficient (Wildman–Crippen LogP) is 1.72. The molecule has 0 bridgehead atoms. The summed E-state index contributed by atoms with van der Waals surface area (Å²) in [6.45, 7) is 1.97. The minimum atomic E-state index is 0.276. The van der Waals surface area contributed by atoms with Gasteiger partial charge in [-0.25, -0.2) is 0 Å². The van der Waals surface area contributed by atoms with Crippen molar-refractivity contribution in [1.29, 1.82) is 0 Å². The molecule has 0 atom stereocenters. The Morgan fingerprint density at radius 2 is 2.25 bits per heavy atom. The fourth-order valence-electron chi connectivity index (χ4n) is 1.47. The van der Waals surface area contributed by atoms with Gasteiger partial charge >= 0.3 is 0 Å². The van der Waals surface area contributed by atoms with Gasteiger partial charge in [0.25, 0.3) is 0 Å². The molecular formula is C10H11ClN4O. The summed E-state index contributed by atoms with van der Waals surface area (Å²) in [5, 5.41) is 11.3. The van der Waals surface area contributed by atoms with E-state index in [1.807, 2.05) is 25.1 Å². The van der Waals surface area contributed by atoms with E-state index in [2.05, 4.69) is 15.5 Å². The molecule has 2 aromatic rings. The topological polar surface area (TPSA) is 52.8 Å². The van der Waals surface area contributed by atoms with Crippen molar-refractivity contribution in [3.05, 3.63) is 29.6 Å². The van der Waals surface area contributed by atoms with Crippen molar-refractivity contribution < 1.29 is 4.74 Å². The van der Waals surface area contributed by atoms with E-state index < -0.39 is 0 Å². The summed E-state index contributed by atoms with van der Waals surface area (Å²) in [5.41, 5.74) is 1.93. The van der Waals surface area contributed by atoms with Crippen molar-refractivity contribution in [1.82, 2.24) is 20.2 Å². The minimum Gasteiger partial charge on any atom is -0.497 e. The highest BCUT2D eigenvalue weighted by Gasteiger charge is 2.09. The lowest BCUT2D eigenvalue weighted by molar-refractivity contribution is 0.414. The summed E-state index contributed by atoms with van der Waals surface area (Å²) in [7, 11) is 1.63. The molecule has 0 spiro atoms. The number of methoxy groups -OCH3 is 1. The van der Waals surface area contributed by atoms with Gasteiger partial charge in [-0.3, -0.25) is 0 Å². The number of hydrogen-bond donors (Lipinski definition) is 0. The van der Waals surface area contributed by atoms with Crippen LogP contribution in [0.15, 0.2) is 18.2 Å². The molecule has 1 heterocycles. The van der Waals surface area contributed by atoms with Gasteiger partial charge < -0.3 is 4.74 Å². The van der Waals surface area contributed by atoms with Crippen molar-refractivity contribution in [2.45, 2.75) is 12.8 Å². The molecule has 0 saturated carbocycles. The summed E-state index contributed by atoms with van der Waals surface area (Å²) in [6, 6.07) is 5.69. The van der Waals surface area contributed by atoms with Crippen molar-refractivity contribution in [3.63, 3.8) is 0 Å². The van der Waals surface area contributed by atoms with Crippen molar-refractivity contribution in [2.24, 2.45) is 0 Å². The van der Waals surface area contributed by atoms with Crippen molar-refractivity contribution in [3.8, 4) is 11.4 Å². The quantitative estimate of drug-likeness (QED) is 0.764. The van der Waals surface area contributed by atoms with Gasteiger partial charge in [0.05, 0.1) is 18.7 Å². The van der Waals surface area contributed by atoms with Gasteiger partial charge in [0.1, 0.15) is 5.75 Å². The molecule has 0 N–H and O–H groups in total. The third-order valence-electron chi connectivity index (χ3n) is 2.29. The molecule has 0 aliphatic heterocycles. The Labute approximate surface area is 98.0 Å². The van der Waals surface area contributed by atoms with Gasteiger partial charge in [-0.2, -0.15) is 4.68 Å². The monoisotopic (exact) mass is 238 g/mol. The van der Waals surface area contributed by atoms with E-state index in [1.54, 1.807) is 11.8 Å². The lowest BCUT2D eigenvalue weighted by atomic mass is 10.2. The van der Waals surface area contributed by atoms with Gasteiger partial charge in [0.2, 0.25) is 0 Å². The van der Waals surface area contributed by atoms with Gasteiger partial charge in [0.15, 0.2) is 5.82 Å². The van der Waals surface area contributed by atoms with E-state index in [9.17, 15) is 0 Å². The fraction of sp³-hybridized carbons (Fsp3) is 0.300. The number of halogens is 1. The normalized spacial score (nSPS) is 10.4. The SMILES string of the molecule is COc1ccc(-n2nnnc2CCl)c(C)c1. The Hall–Kier alpha value is -1.62. The van der Waals surface area contributed by atoms with E-state index in [0.717, 1.165) is 17.0 Å². The van der Waals surface area contributed by atoms with E-state index in [1.165, 1.54) is 0 Å². The van der Waals surface area contributed by atoms with Crippen LogP contribution in [0.2, 0.25) is 0 Å². The number of ether oxygens (including phenoxy) is 1. The molecule has 0 aliphatic carbocycles. The van der Waals surface area contributed by atoms with E-state index in [4.69, 9.17) is 16.3 Å². The molecule has 0 fully saturated rings. The zero-order valence-corrected chi connectivity index (χ0v) is 9.77. The third kappa shape index (κ3) is 1.86. The van der Waals surface area contributed by atoms with Crippen LogP contribution >= 0.6 is 11.6 Å². The average molecular weight is 239 g/mol. The van der Waals surface area contributed by atoms with E-state index in [0.29, 0.717) is 5.82 Å². The Bertz CT molecular complexity index is 497. The Kier molecular flexibility index (Phi) is 3.05. The summed E-state index contributed by atoms with van der Waals surface area (Å²) in [4.78, 5) is 0. The molecule has 5 nitrogen and oxygen atoms in total. The van der Waals surface area contributed by atoms with Crippen LogP contribution in [0, 0.1) is 6.92 Å². The molecule has 2 rings (SSSR count). The van der Waals surface area contributed by atoms with Crippen LogP contribution in [0.25, 0.3) is 5.69 Å². The van der Waals surface area contributed by atoms with Gasteiger partial charge in [0, 0.05) is 0 Å². The Balaban J connectivity index is 2.48. The molecule has 0 saturated heterocycles. The number of aryl methyl sites for hydroxylation is 1. The van der Waals surface area contributed by atoms with Crippen LogP contribution in [-0.2, 0) is 5.88 Å². The second-order valence-electron chi connectivity index (χ2n) is 3.29. The summed E-state index contributed by atoms with van der Waals surface area (Å²) in [5.74, 6) is 1.70. The standard InChI is InChI=1S/C10H11ClN4O/c1-7-5-8(16-2)3-4-9(7)15-10(6-11)12-13-14-15/h3-5H,6H2,1-2H3. The molecule has 0 radical (unpaired) electrons. The average Bonchev–Trinajstić information content (AvgIpc) is 2.76. The number of aromatic nitrogens is 4. The Morgan fingerprint density at radius 1 is 1.44 bits per heavy atom. The number of nitrogens with zero attached hydrogens (tertiary/aromatic N) is 4. The first-order valence-corrected chi connectivity index (χ1v) is 5.28. The predicted molar refractivity (Wildman–Crippen MR) is 60.0 cm³/mol. The maximum atomic E-state index is 5.75. The third-order valence-corrected chi connectivity index (χ3v) is 2.52. The number of hydrogen-bond acceptors (Lipinski definition) is 4. The van der Waals surface area contributed by atoms with Gasteiger partial charge in [-0.15, -0.1) is 16.7 Å². The fourth-order valence-corrected chi connectivity index (χ4v) is 1.64. The van der Waals surface area contributed by atoms with Crippen LogP contribution in [0.1, 0.15) is 11.4 Å². The smallest absolute Gasteiger partial charge is 0.171 e. The van der Waals surface area contributed by atoms with E-state index >= 15 is 0 Å². The maximum absolute atomic E-state index is 5.75. The van der Waals surface area contributed by atoms with Crippen LogP contribution in [0.3, 0.4) is 0 Å². The summed E-state index contributed by atoms with van der Waals surface area (Å²) in [6.07, 6.45) is 0. The molecule has 0 amide bonds. The zero-order valence-electron chi connectivity index (χ0n) is 9.01. The summed E-state index contributed by atoms with van der Waals surface area (Å²) < 4.78 is 6.76. The number of alkyl halides is 1. The van der Waals surface area contributed by atoms with Gasteiger partial charge in [-0.05, 0) is 41.1 Å². The highest BCUT2D eigenvalue weighted by molar-refractivity contribution is 6.16. The number of rotatable bonds is 3. The molecular weight excluding hydrogens is 228 g/mol. The first-order chi connectivity index (χ1) is 7.76. The van der Waals surface area contributed by atoms with Crippen molar-refractivity contribution in [2.75, 3.05) is 7.11 Å². The minimum absolute atomic E-state index is 0.276. The first kappa shape index (κ1) is 10.9. The van der Waals surface area contributed by atoms with Crippen LogP contribution < -0.4 is 4.74 Å². The second kappa shape index (κ2) is 4.49. The highest BCUT2D eigenvalue weighted by Crippen LogP contribution is 2.20. The highest BCUT2D eigenvalue weighted by atomic mass is 35.5. The molecule has 0 unspecified atom stereocenters. The van der Waals surface area contributed by atoms with Gasteiger partial charge in [-0.1, -0.05) is 0 Å². The van der Waals surface area contributed by atoms with Crippen LogP contribution in [0.4, 0.5) is 0 Å². The lowest BCUT2D eigenvalue weighted by Crippen LogP contribution is -2.03. The molecule has 1 aromatic carbocycles. The van der Waals surface area contributed by atoms with Crippen LogP contribution in [0.5, 0.6) is 5.75 Å². The molecule has 1 aromatic heterocycles. The maximum Gasteiger partial charge on any atom is 0.171 e. The molecule has 0 aliphatic rings. The second-order valence-corrected chi connectivity index (χ2v) is 3.56. The van der Waals surface area contributed by atoms with Crippen molar-refractivity contribution >= 4 is 11.6 Å². The van der Waals surface area contributed by atoms with Crippen LogP contribution in [-0.4, -0.2) is 27.3 Å². The number of benzene rings is 1. The zero-order chi connectivity index (χ0) is 11.5. The lowest BCUT2D eigenvalue weighted by Gasteiger charge is -2.08. The molecule has 84 valence electrons. The van der Waals surface area contributed by atoms with E-state index in [-0.39, 0.29) is 5.88 Å². The summed E-state index contributed by atoms with van der Waals surface area (Å²) >= 11 is 5.75. The molecule has 6 heteroatoms. The first-order valence-electron chi connectivity index (χ1n) is 4.74. The largest absolute Gasteiger partial charge is 0.497 e. The number of tetrazole rings is 1.